The van der Waals surface area contributed by atoms with Gasteiger partial charge in [-0.2, -0.15) is 0 Å². The number of hydrogen-bond donors (Lipinski definition) is 1. The Bertz CT molecular complexity index is 606. The summed E-state index contributed by atoms with van der Waals surface area (Å²) in [6, 6.07) is 7.79. The Morgan fingerprint density at radius 3 is 2.79 bits per heavy atom. The van der Waals surface area contributed by atoms with Crippen molar-refractivity contribution >= 4 is 11.8 Å². The van der Waals surface area contributed by atoms with Gasteiger partial charge in [-0.25, -0.2) is 4.68 Å². The molecular weight excluding hydrogens is 260 g/mol. The zero-order valence-electron chi connectivity index (χ0n) is 10.7. The molecule has 2 heterocycles. The molecular formula is C13H14N4OS. The van der Waals surface area contributed by atoms with Crippen molar-refractivity contribution in [2.75, 3.05) is 12.5 Å². The fourth-order valence-electron chi connectivity index (χ4n) is 1.91. The molecule has 0 bridgehead atoms. The minimum atomic E-state index is 0.215. The van der Waals surface area contributed by atoms with E-state index in [-0.39, 0.29) is 5.37 Å². The third-order valence-corrected chi connectivity index (χ3v) is 3.83. The molecule has 1 aliphatic heterocycles. The van der Waals surface area contributed by atoms with Crippen LogP contribution in [0.15, 0.2) is 41.6 Å². The number of thioether (sulfide) groups is 1. The van der Waals surface area contributed by atoms with Crippen LogP contribution >= 0.6 is 11.8 Å². The summed E-state index contributed by atoms with van der Waals surface area (Å²) in [6.07, 6.45) is 4.12. The highest BCUT2D eigenvalue weighted by molar-refractivity contribution is 8.00. The highest BCUT2D eigenvalue weighted by Gasteiger charge is 2.24. The van der Waals surface area contributed by atoms with Crippen LogP contribution < -0.4 is 10.2 Å². The normalized spacial score (nSPS) is 17.5. The topological polar surface area (TPSA) is 52.0 Å². The van der Waals surface area contributed by atoms with E-state index >= 15 is 0 Å². The molecule has 0 aliphatic carbocycles. The highest BCUT2D eigenvalue weighted by Crippen LogP contribution is 2.32. The zero-order chi connectivity index (χ0) is 13.2. The van der Waals surface area contributed by atoms with Crippen molar-refractivity contribution < 1.29 is 4.74 Å². The first-order chi connectivity index (χ1) is 9.31. The molecule has 2 aromatic rings. The summed E-state index contributed by atoms with van der Waals surface area (Å²) in [7, 11) is 1.66. The van der Waals surface area contributed by atoms with Crippen LogP contribution in [-0.4, -0.2) is 27.4 Å². The second kappa shape index (κ2) is 4.97. The van der Waals surface area contributed by atoms with Gasteiger partial charge in [0.15, 0.2) is 5.82 Å². The van der Waals surface area contributed by atoms with Gasteiger partial charge in [-0.1, -0.05) is 23.9 Å². The van der Waals surface area contributed by atoms with Gasteiger partial charge in [0.2, 0.25) is 5.16 Å². The van der Waals surface area contributed by atoms with Gasteiger partial charge < -0.3 is 10.2 Å². The van der Waals surface area contributed by atoms with E-state index in [0.717, 1.165) is 22.3 Å². The van der Waals surface area contributed by atoms with Gasteiger partial charge in [-0.15, -0.1) is 10.2 Å². The summed E-state index contributed by atoms with van der Waals surface area (Å²) in [5, 5.41) is 9.52. The summed E-state index contributed by atoms with van der Waals surface area (Å²) in [4.78, 5) is 0. The molecule has 98 valence electrons. The third-order valence-electron chi connectivity index (χ3n) is 2.84. The van der Waals surface area contributed by atoms with Crippen LogP contribution in [0.1, 0.15) is 6.92 Å². The lowest BCUT2D eigenvalue weighted by Gasteiger charge is -2.08. The molecule has 1 aromatic heterocycles. The Kier molecular flexibility index (Phi) is 3.16. The van der Waals surface area contributed by atoms with Crippen molar-refractivity contribution in [3.63, 3.8) is 0 Å². The number of aromatic nitrogens is 3. The lowest BCUT2D eigenvalue weighted by Crippen LogP contribution is -2.17. The van der Waals surface area contributed by atoms with E-state index in [9.17, 15) is 0 Å². The molecule has 0 radical (unpaired) electrons. The van der Waals surface area contributed by atoms with E-state index in [4.69, 9.17) is 4.74 Å². The predicted molar refractivity (Wildman–Crippen MR) is 75.8 cm³/mol. The van der Waals surface area contributed by atoms with Gasteiger partial charge in [0, 0.05) is 5.56 Å². The monoisotopic (exact) mass is 274 g/mol. The van der Waals surface area contributed by atoms with E-state index in [1.807, 2.05) is 41.9 Å². The Morgan fingerprint density at radius 1 is 1.32 bits per heavy atom. The SMILES string of the molecule is C/C=C/[C@H]1Nn2c(nnc2-c2ccc(OC)cc2)S1. The van der Waals surface area contributed by atoms with Gasteiger partial charge in [0.1, 0.15) is 11.1 Å². The Morgan fingerprint density at radius 2 is 2.11 bits per heavy atom. The second-order valence-electron chi connectivity index (χ2n) is 4.06. The number of nitrogens with one attached hydrogen (secondary N) is 1. The quantitative estimate of drug-likeness (QED) is 0.872. The first-order valence-corrected chi connectivity index (χ1v) is 6.85. The standard InChI is InChI=1S/C13H14N4OS/c1-3-4-11-16-17-12(14-15-13(17)19-11)9-5-7-10(18-2)8-6-9/h3-8,11,16H,1-2H3/b4-3+/t11-/m0/s1. The lowest BCUT2D eigenvalue weighted by molar-refractivity contribution is 0.415. The molecule has 6 heteroatoms. The van der Waals surface area contributed by atoms with Crippen LogP contribution in [0.4, 0.5) is 0 Å². The van der Waals surface area contributed by atoms with Crippen LogP contribution in [0.2, 0.25) is 0 Å². The number of fused-ring (bicyclic) bond motifs is 1. The van der Waals surface area contributed by atoms with Gasteiger partial charge in [-0.3, -0.25) is 0 Å². The zero-order valence-corrected chi connectivity index (χ0v) is 11.5. The van der Waals surface area contributed by atoms with Crippen molar-refractivity contribution in [3.8, 4) is 17.1 Å². The van der Waals surface area contributed by atoms with E-state index < -0.39 is 0 Å². The van der Waals surface area contributed by atoms with Gasteiger partial charge >= 0.3 is 0 Å². The second-order valence-corrected chi connectivity index (χ2v) is 5.17. The van der Waals surface area contributed by atoms with Crippen molar-refractivity contribution in [1.29, 1.82) is 0 Å². The summed E-state index contributed by atoms with van der Waals surface area (Å²) in [5.41, 5.74) is 4.36. The number of hydrogen-bond acceptors (Lipinski definition) is 5. The molecule has 0 saturated heterocycles. The van der Waals surface area contributed by atoms with E-state index in [1.54, 1.807) is 18.9 Å². The van der Waals surface area contributed by atoms with Crippen molar-refractivity contribution in [3.05, 3.63) is 36.4 Å². The molecule has 0 fully saturated rings. The number of ether oxygens (including phenoxy) is 1. The smallest absolute Gasteiger partial charge is 0.212 e. The van der Waals surface area contributed by atoms with Crippen LogP contribution in [0.3, 0.4) is 0 Å². The minimum Gasteiger partial charge on any atom is -0.497 e. The Labute approximate surface area is 115 Å². The number of methoxy groups -OCH3 is 1. The van der Waals surface area contributed by atoms with E-state index in [0.29, 0.717) is 0 Å². The predicted octanol–water partition coefficient (Wildman–Crippen LogP) is 2.51. The van der Waals surface area contributed by atoms with Crippen molar-refractivity contribution in [2.24, 2.45) is 0 Å². The molecule has 1 N–H and O–H groups in total. The van der Waals surface area contributed by atoms with Crippen LogP contribution in [0, 0.1) is 0 Å². The van der Waals surface area contributed by atoms with Gasteiger partial charge in [0.05, 0.1) is 7.11 Å². The maximum absolute atomic E-state index is 5.16. The fraction of sp³-hybridized carbons (Fsp3) is 0.231. The Balaban J connectivity index is 1.91. The molecule has 1 aromatic carbocycles. The average Bonchev–Trinajstić information content (AvgIpc) is 2.99. The number of nitrogens with zero attached hydrogens (tertiary/aromatic N) is 3. The van der Waals surface area contributed by atoms with Gasteiger partial charge in [0.25, 0.3) is 0 Å². The molecule has 0 unspecified atom stereocenters. The third kappa shape index (κ3) is 2.19. The molecule has 1 aliphatic rings. The summed E-state index contributed by atoms with van der Waals surface area (Å²) < 4.78 is 7.08. The maximum atomic E-state index is 5.16. The number of rotatable bonds is 3. The Hall–Kier alpha value is -1.95. The summed E-state index contributed by atoms with van der Waals surface area (Å²) in [6.45, 7) is 2.01. The summed E-state index contributed by atoms with van der Waals surface area (Å²) in [5.74, 6) is 1.65. The fourth-order valence-corrected chi connectivity index (χ4v) is 2.87. The molecule has 0 amide bonds. The van der Waals surface area contributed by atoms with Gasteiger partial charge in [-0.05, 0) is 31.2 Å². The molecule has 0 spiro atoms. The van der Waals surface area contributed by atoms with Crippen molar-refractivity contribution in [2.45, 2.75) is 17.5 Å². The lowest BCUT2D eigenvalue weighted by atomic mass is 10.2. The van der Waals surface area contributed by atoms with E-state index in [1.165, 1.54) is 0 Å². The highest BCUT2D eigenvalue weighted by atomic mass is 32.2. The minimum absolute atomic E-state index is 0.215. The van der Waals surface area contributed by atoms with Crippen LogP contribution in [-0.2, 0) is 0 Å². The molecule has 19 heavy (non-hydrogen) atoms. The number of benzene rings is 1. The summed E-state index contributed by atoms with van der Waals surface area (Å²) >= 11 is 1.65. The average molecular weight is 274 g/mol. The molecule has 1 atom stereocenters. The molecule has 0 saturated carbocycles. The van der Waals surface area contributed by atoms with Crippen molar-refractivity contribution in [1.82, 2.24) is 14.9 Å². The number of allylic oxidation sites excluding steroid dienone is 1. The largest absolute Gasteiger partial charge is 0.497 e. The first kappa shape index (κ1) is 12.1. The first-order valence-electron chi connectivity index (χ1n) is 5.97. The van der Waals surface area contributed by atoms with Crippen LogP contribution in [0.25, 0.3) is 11.4 Å². The maximum Gasteiger partial charge on any atom is 0.212 e. The van der Waals surface area contributed by atoms with E-state index in [2.05, 4.69) is 21.7 Å². The van der Waals surface area contributed by atoms with Crippen LogP contribution in [0.5, 0.6) is 5.75 Å². The molecule has 5 nitrogen and oxygen atoms in total. The molecule has 3 rings (SSSR count).